The molecule has 0 aliphatic heterocycles. The number of hydrogen-bond acceptors (Lipinski definition) is 5. The molecule has 1 amide bonds. The van der Waals surface area contributed by atoms with Crippen LogP contribution in [0.25, 0.3) is 5.69 Å². The number of nitrogens with one attached hydrogen (secondary N) is 1. The molecule has 0 fully saturated rings. The van der Waals surface area contributed by atoms with Gasteiger partial charge >= 0.3 is 12.1 Å². The molecule has 0 aliphatic carbocycles. The van der Waals surface area contributed by atoms with Gasteiger partial charge in [0.25, 0.3) is 0 Å². The maximum absolute atomic E-state index is 12.1. The second-order valence-corrected chi connectivity index (χ2v) is 5.06. The van der Waals surface area contributed by atoms with Crippen LogP contribution in [0.1, 0.15) is 15.9 Å². The zero-order valence-corrected chi connectivity index (χ0v) is 13.0. The van der Waals surface area contributed by atoms with Gasteiger partial charge in [-0.2, -0.15) is 5.10 Å². The number of carbonyl (C=O) groups excluding carboxylic acids is 1. The molecule has 3 rings (SSSR count). The Kier molecular flexibility index (Phi) is 4.70. The molecular weight excluding hydrogens is 324 g/mol. The number of amides is 1. The number of aromatic carboxylic acids is 1. The SMILES string of the molecule is O=C(Nc1cc(C(=O)O)ccc1-n1cncn1)OCc1ccccc1. The average molecular weight is 338 g/mol. The Balaban J connectivity index is 1.78. The van der Waals surface area contributed by atoms with Crippen molar-refractivity contribution in [1.82, 2.24) is 14.8 Å². The van der Waals surface area contributed by atoms with Crippen molar-refractivity contribution in [2.45, 2.75) is 6.61 Å². The summed E-state index contributed by atoms with van der Waals surface area (Å²) in [6, 6.07) is 13.5. The van der Waals surface area contributed by atoms with Crippen LogP contribution in [0.15, 0.2) is 61.2 Å². The largest absolute Gasteiger partial charge is 0.478 e. The van der Waals surface area contributed by atoms with Gasteiger partial charge in [-0.25, -0.2) is 19.3 Å². The molecule has 25 heavy (non-hydrogen) atoms. The Labute approximate surface area is 142 Å². The number of ether oxygens (including phenoxy) is 1. The molecule has 0 saturated carbocycles. The summed E-state index contributed by atoms with van der Waals surface area (Å²) in [6.07, 6.45) is 2.08. The number of hydrogen-bond donors (Lipinski definition) is 2. The molecule has 8 nitrogen and oxygen atoms in total. The molecule has 0 atom stereocenters. The fourth-order valence-electron chi connectivity index (χ4n) is 2.17. The van der Waals surface area contributed by atoms with Crippen LogP contribution < -0.4 is 5.32 Å². The zero-order valence-electron chi connectivity index (χ0n) is 13.0. The van der Waals surface area contributed by atoms with E-state index in [0.29, 0.717) is 5.69 Å². The van der Waals surface area contributed by atoms with Crippen molar-refractivity contribution in [2.75, 3.05) is 5.32 Å². The van der Waals surface area contributed by atoms with Crippen molar-refractivity contribution in [2.24, 2.45) is 0 Å². The van der Waals surface area contributed by atoms with E-state index < -0.39 is 12.1 Å². The fraction of sp³-hybridized carbons (Fsp3) is 0.0588. The number of carbonyl (C=O) groups is 2. The van der Waals surface area contributed by atoms with Crippen LogP contribution in [0, 0.1) is 0 Å². The van der Waals surface area contributed by atoms with E-state index >= 15 is 0 Å². The van der Waals surface area contributed by atoms with Crippen molar-refractivity contribution in [1.29, 1.82) is 0 Å². The summed E-state index contributed by atoms with van der Waals surface area (Å²) in [4.78, 5) is 27.1. The highest BCUT2D eigenvalue weighted by molar-refractivity contribution is 5.93. The second kappa shape index (κ2) is 7.26. The van der Waals surface area contributed by atoms with Crippen molar-refractivity contribution >= 4 is 17.7 Å². The first kappa shape index (κ1) is 16.2. The van der Waals surface area contributed by atoms with Crippen LogP contribution in [0.4, 0.5) is 10.5 Å². The third-order valence-corrected chi connectivity index (χ3v) is 3.36. The Morgan fingerprint density at radius 3 is 2.64 bits per heavy atom. The normalized spacial score (nSPS) is 10.2. The van der Waals surface area contributed by atoms with Crippen molar-refractivity contribution in [3.05, 3.63) is 72.3 Å². The van der Waals surface area contributed by atoms with E-state index in [1.165, 1.54) is 35.5 Å². The lowest BCUT2D eigenvalue weighted by molar-refractivity contribution is 0.0696. The number of rotatable bonds is 5. The first-order valence-corrected chi connectivity index (χ1v) is 7.33. The number of nitrogens with zero attached hydrogens (tertiary/aromatic N) is 3. The molecular formula is C17H14N4O4. The minimum atomic E-state index is -1.11. The molecule has 0 radical (unpaired) electrons. The van der Waals surface area contributed by atoms with E-state index in [2.05, 4.69) is 15.4 Å². The van der Waals surface area contributed by atoms with Crippen molar-refractivity contribution in [3.63, 3.8) is 0 Å². The third kappa shape index (κ3) is 3.99. The van der Waals surface area contributed by atoms with E-state index in [4.69, 9.17) is 9.84 Å². The van der Waals surface area contributed by atoms with Crippen LogP contribution in [0.5, 0.6) is 0 Å². The van der Waals surface area contributed by atoms with E-state index in [9.17, 15) is 9.59 Å². The first-order valence-electron chi connectivity index (χ1n) is 7.33. The summed E-state index contributed by atoms with van der Waals surface area (Å²) in [5.41, 5.74) is 1.60. The zero-order chi connectivity index (χ0) is 17.6. The first-order chi connectivity index (χ1) is 12.1. The molecule has 0 saturated heterocycles. The molecule has 1 heterocycles. The Morgan fingerprint density at radius 1 is 1.16 bits per heavy atom. The summed E-state index contributed by atoms with van der Waals surface area (Å²) in [5, 5.41) is 15.7. The fourth-order valence-corrected chi connectivity index (χ4v) is 2.17. The molecule has 2 N–H and O–H groups in total. The quantitative estimate of drug-likeness (QED) is 0.741. The monoisotopic (exact) mass is 338 g/mol. The Morgan fingerprint density at radius 2 is 1.96 bits per heavy atom. The van der Waals surface area contributed by atoms with E-state index in [1.54, 1.807) is 0 Å². The lowest BCUT2D eigenvalue weighted by atomic mass is 10.1. The molecule has 0 bridgehead atoms. The summed E-state index contributed by atoms with van der Waals surface area (Å²) in [6.45, 7) is 0.101. The predicted molar refractivity (Wildman–Crippen MR) is 88.6 cm³/mol. The highest BCUT2D eigenvalue weighted by atomic mass is 16.5. The Hall–Kier alpha value is -3.68. The van der Waals surface area contributed by atoms with Crippen molar-refractivity contribution < 1.29 is 19.4 Å². The van der Waals surface area contributed by atoms with E-state index in [-0.39, 0.29) is 17.9 Å². The summed E-state index contributed by atoms with van der Waals surface area (Å²) in [5.74, 6) is -1.11. The smallest absolute Gasteiger partial charge is 0.412 e. The number of carboxylic acid groups (broad SMARTS) is 1. The standard InChI is InChI=1S/C17H14N4O4/c22-16(23)13-6-7-15(21-11-18-10-19-21)14(8-13)20-17(24)25-9-12-4-2-1-3-5-12/h1-8,10-11H,9H2,(H,20,24)(H,22,23). The number of aromatic nitrogens is 3. The van der Waals surface area contributed by atoms with Gasteiger partial charge in [0.2, 0.25) is 0 Å². The topological polar surface area (TPSA) is 106 Å². The van der Waals surface area contributed by atoms with Crippen molar-refractivity contribution in [3.8, 4) is 5.69 Å². The lowest BCUT2D eigenvalue weighted by Gasteiger charge is -2.12. The summed E-state index contributed by atoms with van der Waals surface area (Å²) in [7, 11) is 0. The molecule has 126 valence electrons. The minimum Gasteiger partial charge on any atom is -0.478 e. The van der Waals surface area contributed by atoms with Gasteiger partial charge in [0.1, 0.15) is 19.3 Å². The highest BCUT2D eigenvalue weighted by Gasteiger charge is 2.13. The molecule has 0 unspecified atom stereocenters. The molecule has 3 aromatic rings. The molecule has 0 aliphatic rings. The van der Waals surface area contributed by atoms with Crippen LogP contribution in [0.3, 0.4) is 0 Å². The maximum Gasteiger partial charge on any atom is 0.412 e. The van der Waals surface area contributed by atoms with Crippen LogP contribution >= 0.6 is 0 Å². The van der Waals surface area contributed by atoms with E-state index in [1.807, 2.05) is 30.3 Å². The highest BCUT2D eigenvalue weighted by Crippen LogP contribution is 2.22. The minimum absolute atomic E-state index is 0.0298. The van der Waals surface area contributed by atoms with Gasteiger partial charge < -0.3 is 9.84 Å². The van der Waals surface area contributed by atoms with Gasteiger partial charge in [-0.15, -0.1) is 0 Å². The predicted octanol–water partition coefficient (Wildman–Crippen LogP) is 2.71. The lowest BCUT2D eigenvalue weighted by Crippen LogP contribution is -2.16. The summed E-state index contributed by atoms with van der Waals surface area (Å²) >= 11 is 0. The maximum atomic E-state index is 12.1. The van der Waals surface area contributed by atoms with Gasteiger partial charge in [0.05, 0.1) is 16.9 Å². The van der Waals surface area contributed by atoms with Crippen LogP contribution in [-0.2, 0) is 11.3 Å². The van der Waals surface area contributed by atoms with Crippen LogP contribution in [-0.4, -0.2) is 31.9 Å². The molecule has 0 spiro atoms. The Bertz CT molecular complexity index is 879. The van der Waals surface area contributed by atoms with Crippen LogP contribution in [0.2, 0.25) is 0 Å². The molecule has 8 heteroatoms. The van der Waals surface area contributed by atoms with Gasteiger partial charge in [-0.1, -0.05) is 30.3 Å². The molecule has 1 aromatic heterocycles. The van der Waals surface area contributed by atoms with Gasteiger partial charge in [0.15, 0.2) is 0 Å². The van der Waals surface area contributed by atoms with Gasteiger partial charge in [-0.3, -0.25) is 5.32 Å². The number of carboxylic acids is 1. The molecule has 2 aromatic carbocycles. The van der Waals surface area contributed by atoms with Gasteiger partial charge in [0, 0.05) is 0 Å². The summed E-state index contributed by atoms with van der Waals surface area (Å²) < 4.78 is 6.58. The second-order valence-electron chi connectivity index (χ2n) is 5.06. The number of benzene rings is 2. The third-order valence-electron chi connectivity index (χ3n) is 3.36. The average Bonchev–Trinajstić information content (AvgIpc) is 3.15. The number of anilines is 1. The van der Waals surface area contributed by atoms with E-state index in [0.717, 1.165) is 5.56 Å². The van der Waals surface area contributed by atoms with Gasteiger partial charge in [-0.05, 0) is 23.8 Å².